The molecule has 0 spiro atoms. The van der Waals surface area contributed by atoms with Gasteiger partial charge in [0.05, 0.1) is 12.5 Å². The van der Waals surface area contributed by atoms with Crippen molar-refractivity contribution in [3.05, 3.63) is 72.0 Å². The molecule has 0 N–H and O–H groups in total. The van der Waals surface area contributed by atoms with Crippen LogP contribution in [0.15, 0.2) is 62.2 Å². The zero-order chi connectivity index (χ0) is 17.8. The maximum absolute atomic E-state index is 11.8. The van der Waals surface area contributed by atoms with Crippen molar-refractivity contribution in [2.75, 3.05) is 0 Å². The average molecular weight is 344 g/mol. The number of carbonyl (C=O) groups excluding carboxylic acids is 4. The third kappa shape index (κ3) is 3.55. The highest BCUT2D eigenvalue weighted by Crippen LogP contribution is 2.13. The molecule has 9 heteroatoms. The van der Waals surface area contributed by atoms with Gasteiger partial charge in [0.25, 0.3) is 0 Å². The topological polar surface area (TPSA) is 126 Å². The van der Waals surface area contributed by atoms with Crippen LogP contribution < -0.4 is 0 Å². The first-order chi connectivity index (χ1) is 12.0. The van der Waals surface area contributed by atoms with Crippen LogP contribution in [0.4, 0.5) is 0 Å². The molecule has 0 bridgehead atoms. The molecule has 126 valence electrons. The minimum Gasteiger partial charge on any atom is -0.457 e. The van der Waals surface area contributed by atoms with Gasteiger partial charge >= 0.3 is 23.9 Å². The Morgan fingerprint density at radius 3 is 1.36 bits per heavy atom. The second kappa shape index (κ2) is 6.71. The molecule has 0 aliphatic carbocycles. The lowest BCUT2D eigenvalue weighted by atomic mass is 10.4. The number of furan rings is 3. The Morgan fingerprint density at radius 2 is 1.00 bits per heavy atom. The van der Waals surface area contributed by atoms with Crippen molar-refractivity contribution in [1.29, 1.82) is 0 Å². The van der Waals surface area contributed by atoms with Crippen LogP contribution in [0.3, 0.4) is 0 Å². The first-order valence-corrected chi connectivity index (χ1v) is 6.74. The quantitative estimate of drug-likeness (QED) is 0.518. The third-order valence-electron chi connectivity index (χ3n) is 2.82. The number of hydrogen-bond acceptors (Lipinski definition) is 9. The average Bonchev–Trinajstić information content (AvgIpc) is 3.36. The van der Waals surface area contributed by atoms with Crippen molar-refractivity contribution in [2.24, 2.45) is 0 Å². The van der Waals surface area contributed by atoms with E-state index in [-0.39, 0.29) is 11.5 Å². The predicted molar refractivity (Wildman–Crippen MR) is 75.6 cm³/mol. The summed E-state index contributed by atoms with van der Waals surface area (Å²) in [7, 11) is 0. The Labute approximate surface area is 138 Å². The van der Waals surface area contributed by atoms with E-state index in [1.54, 1.807) is 0 Å². The van der Waals surface area contributed by atoms with E-state index in [0.29, 0.717) is 0 Å². The van der Waals surface area contributed by atoms with Gasteiger partial charge in [0.2, 0.25) is 23.0 Å². The van der Waals surface area contributed by atoms with E-state index in [1.807, 2.05) is 0 Å². The van der Waals surface area contributed by atoms with E-state index in [0.717, 1.165) is 12.1 Å². The number of ether oxygens (including phenoxy) is 2. The molecule has 25 heavy (non-hydrogen) atoms. The van der Waals surface area contributed by atoms with Crippen LogP contribution in [-0.2, 0) is 9.47 Å². The van der Waals surface area contributed by atoms with Crippen LogP contribution in [0.1, 0.15) is 42.2 Å². The molecule has 0 saturated heterocycles. The molecule has 3 aromatic rings. The fourth-order valence-electron chi connectivity index (χ4n) is 1.72. The summed E-state index contributed by atoms with van der Waals surface area (Å²) in [6.45, 7) is 0. The second-order valence-corrected chi connectivity index (χ2v) is 4.47. The van der Waals surface area contributed by atoms with Gasteiger partial charge in [-0.2, -0.15) is 0 Å². The summed E-state index contributed by atoms with van der Waals surface area (Å²) in [5, 5.41) is 0. The van der Waals surface area contributed by atoms with Crippen molar-refractivity contribution < 1.29 is 41.9 Å². The molecule has 3 heterocycles. The third-order valence-corrected chi connectivity index (χ3v) is 2.82. The summed E-state index contributed by atoms with van der Waals surface area (Å²) < 4.78 is 23.5. The first-order valence-electron chi connectivity index (χ1n) is 6.74. The van der Waals surface area contributed by atoms with Crippen molar-refractivity contribution in [3.8, 4) is 0 Å². The van der Waals surface area contributed by atoms with Gasteiger partial charge in [0.1, 0.15) is 0 Å². The highest BCUT2D eigenvalue weighted by molar-refractivity contribution is 6.02. The van der Waals surface area contributed by atoms with Gasteiger partial charge in [0, 0.05) is 0 Å². The summed E-state index contributed by atoms with van der Waals surface area (Å²) in [6, 6.07) is 7.68. The Hall–Kier alpha value is -3.88. The van der Waals surface area contributed by atoms with Gasteiger partial charge in [-0.25, -0.2) is 19.2 Å². The fraction of sp³-hybridized carbons (Fsp3) is 0. The van der Waals surface area contributed by atoms with Crippen LogP contribution in [0.5, 0.6) is 0 Å². The fourth-order valence-corrected chi connectivity index (χ4v) is 1.72. The summed E-state index contributed by atoms with van der Waals surface area (Å²) in [5.41, 5.74) is 0. The summed E-state index contributed by atoms with van der Waals surface area (Å²) in [5.74, 6) is -5.55. The van der Waals surface area contributed by atoms with Crippen molar-refractivity contribution in [2.45, 2.75) is 0 Å². The molecular formula is C16H8O9. The number of esters is 4. The smallest absolute Gasteiger partial charge is 0.382 e. The highest BCUT2D eigenvalue weighted by Gasteiger charge is 2.24. The van der Waals surface area contributed by atoms with Gasteiger partial charge in [-0.05, 0) is 36.4 Å². The van der Waals surface area contributed by atoms with Crippen LogP contribution in [-0.4, -0.2) is 23.9 Å². The standard InChI is InChI=1S/C16H8O9/c17-13(9-3-1-7-21-9)24-15(19)11-5-6-12(23-11)16(20)25-14(18)10-4-2-8-22-10/h1-8H. The minimum absolute atomic E-state index is 0.177. The van der Waals surface area contributed by atoms with Gasteiger partial charge in [-0.3, -0.25) is 0 Å². The molecule has 0 unspecified atom stereocenters. The van der Waals surface area contributed by atoms with E-state index in [2.05, 4.69) is 9.47 Å². The molecule has 0 atom stereocenters. The summed E-state index contributed by atoms with van der Waals surface area (Å²) in [6.07, 6.45) is 2.47. The zero-order valence-electron chi connectivity index (χ0n) is 12.3. The number of hydrogen-bond donors (Lipinski definition) is 0. The summed E-state index contributed by atoms with van der Waals surface area (Å²) >= 11 is 0. The predicted octanol–water partition coefficient (Wildman–Crippen LogP) is 2.46. The molecule has 3 rings (SSSR count). The molecule has 0 fully saturated rings. The van der Waals surface area contributed by atoms with Gasteiger partial charge in [-0.1, -0.05) is 0 Å². The van der Waals surface area contributed by atoms with Crippen LogP contribution in [0.25, 0.3) is 0 Å². The molecule has 0 radical (unpaired) electrons. The van der Waals surface area contributed by atoms with E-state index in [9.17, 15) is 19.2 Å². The molecule has 3 aromatic heterocycles. The molecule has 0 aliphatic heterocycles. The SMILES string of the molecule is O=C(OC(=O)c1ccc(C(=O)OC(=O)c2ccco2)o1)c1ccco1. The van der Waals surface area contributed by atoms with Gasteiger partial charge in [-0.15, -0.1) is 0 Å². The monoisotopic (exact) mass is 344 g/mol. The van der Waals surface area contributed by atoms with E-state index in [1.165, 1.54) is 36.8 Å². The van der Waals surface area contributed by atoms with Crippen molar-refractivity contribution >= 4 is 23.9 Å². The van der Waals surface area contributed by atoms with E-state index in [4.69, 9.17) is 13.3 Å². The molecular weight excluding hydrogens is 336 g/mol. The Bertz CT molecular complexity index is 838. The Morgan fingerprint density at radius 1 is 0.600 bits per heavy atom. The summed E-state index contributed by atoms with van der Waals surface area (Å²) in [4.78, 5) is 46.7. The largest absolute Gasteiger partial charge is 0.457 e. The lowest BCUT2D eigenvalue weighted by molar-refractivity contribution is 0.0344. The first kappa shape index (κ1) is 16.0. The Kier molecular flexibility index (Phi) is 4.29. The van der Waals surface area contributed by atoms with E-state index < -0.39 is 35.4 Å². The maximum Gasteiger partial charge on any atom is 0.382 e. The van der Waals surface area contributed by atoms with Crippen LogP contribution in [0, 0.1) is 0 Å². The highest BCUT2D eigenvalue weighted by atomic mass is 16.6. The maximum atomic E-state index is 11.8. The van der Waals surface area contributed by atoms with E-state index >= 15 is 0 Å². The van der Waals surface area contributed by atoms with Crippen LogP contribution >= 0.6 is 0 Å². The second-order valence-electron chi connectivity index (χ2n) is 4.47. The normalized spacial score (nSPS) is 10.2. The number of rotatable bonds is 4. The molecule has 0 amide bonds. The number of carbonyl (C=O) groups is 4. The zero-order valence-corrected chi connectivity index (χ0v) is 12.3. The molecule has 0 saturated carbocycles. The molecule has 9 nitrogen and oxygen atoms in total. The van der Waals surface area contributed by atoms with Gasteiger partial charge < -0.3 is 22.7 Å². The lowest BCUT2D eigenvalue weighted by Gasteiger charge is -1.99. The lowest BCUT2D eigenvalue weighted by Crippen LogP contribution is -2.12. The van der Waals surface area contributed by atoms with Crippen molar-refractivity contribution in [1.82, 2.24) is 0 Å². The minimum atomic E-state index is -1.14. The molecule has 0 aliphatic rings. The van der Waals surface area contributed by atoms with Gasteiger partial charge in [0.15, 0.2) is 0 Å². The van der Waals surface area contributed by atoms with Crippen LogP contribution in [0.2, 0.25) is 0 Å². The Balaban J connectivity index is 1.63. The molecule has 0 aromatic carbocycles. The van der Waals surface area contributed by atoms with Crippen molar-refractivity contribution in [3.63, 3.8) is 0 Å².